The first-order valence-electron chi connectivity index (χ1n) is 5.28. The van der Waals surface area contributed by atoms with Crippen molar-refractivity contribution in [1.82, 2.24) is 0 Å². The average molecular weight is 236 g/mol. The van der Waals surface area contributed by atoms with Gasteiger partial charge < -0.3 is 4.74 Å². The molecule has 0 unspecified atom stereocenters. The summed E-state index contributed by atoms with van der Waals surface area (Å²) >= 11 is 1.77. The van der Waals surface area contributed by atoms with Gasteiger partial charge in [-0.05, 0) is 12.5 Å². The van der Waals surface area contributed by atoms with Crippen molar-refractivity contribution in [3.05, 3.63) is 48.0 Å². The van der Waals surface area contributed by atoms with Gasteiger partial charge in [-0.15, -0.1) is 0 Å². The molecule has 16 heavy (non-hydrogen) atoms. The van der Waals surface area contributed by atoms with Crippen LogP contribution >= 0.6 is 11.8 Å². The fourth-order valence-corrected chi connectivity index (χ4v) is 1.93. The second-order valence-electron chi connectivity index (χ2n) is 3.16. The number of esters is 1. The van der Waals surface area contributed by atoms with Crippen molar-refractivity contribution >= 4 is 17.7 Å². The molecule has 0 N–H and O–H groups in total. The van der Waals surface area contributed by atoms with Gasteiger partial charge in [-0.25, -0.2) is 4.79 Å². The lowest BCUT2D eigenvalue weighted by molar-refractivity contribution is -0.137. The molecule has 0 amide bonds. The molecule has 0 spiro atoms. The summed E-state index contributed by atoms with van der Waals surface area (Å²) in [6.07, 6.45) is 3.33. The lowest BCUT2D eigenvalue weighted by atomic mass is 10.2. The van der Waals surface area contributed by atoms with Crippen molar-refractivity contribution in [3.63, 3.8) is 0 Å². The lowest BCUT2D eigenvalue weighted by Gasteiger charge is -1.98. The van der Waals surface area contributed by atoms with Crippen LogP contribution < -0.4 is 0 Å². The Kier molecular flexibility index (Phi) is 6.42. The summed E-state index contributed by atoms with van der Waals surface area (Å²) in [4.78, 5) is 11.0. The Hall–Kier alpha value is -1.22. The van der Waals surface area contributed by atoms with Gasteiger partial charge in [-0.1, -0.05) is 36.4 Å². The van der Waals surface area contributed by atoms with Crippen molar-refractivity contribution in [2.24, 2.45) is 0 Å². The van der Waals surface area contributed by atoms with Crippen molar-refractivity contribution in [2.75, 3.05) is 12.4 Å². The molecule has 1 aromatic carbocycles. The van der Waals surface area contributed by atoms with Crippen LogP contribution in [0.3, 0.4) is 0 Å². The zero-order valence-electron chi connectivity index (χ0n) is 9.39. The van der Waals surface area contributed by atoms with Crippen LogP contribution in [0.2, 0.25) is 0 Å². The minimum absolute atomic E-state index is 0.261. The molecule has 0 radical (unpaired) electrons. The summed E-state index contributed by atoms with van der Waals surface area (Å²) in [5.41, 5.74) is 1.30. The van der Waals surface area contributed by atoms with E-state index in [9.17, 15) is 4.79 Å². The molecule has 0 fully saturated rings. The molecule has 0 heterocycles. The quantitative estimate of drug-likeness (QED) is 0.431. The molecule has 86 valence electrons. The maximum absolute atomic E-state index is 11.0. The van der Waals surface area contributed by atoms with Crippen LogP contribution in [0, 0.1) is 0 Å². The zero-order valence-corrected chi connectivity index (χ0v) is 10.2. The molecule has 1 rings (SSSR count). The second-order valence-corrected chi connectivity index (χ2v) is 4.19. The molecular formula is C13H16O2S. The van der Waals surface area contributed by atoms with Crippen LogP contribution in [0.25, 0.3) is 0 Å². The first-order valence-corrected chi connectivity index (χ1v) is 6.43. The van der Waals surface area contributed by atoms with E-state index in [4.69, 9.17) is 4.74 Å². The van der Waals surface area contributed by atoms with Gasteiger partial charge in [-0.3, -0.25) is 0 Å². The minimum Gasteiger partial charge on any atom is -0.463 e. The number of thioether (sulfide) groups is 1. The molecule has 0 aliphatic carbocycles. The van der Waals surface area contributed by atoms with E-state index in [0.29, 0.717) is 6.61 Å². The van der Waals surface area contributed by atoms with Crippen molar-refractivity contribution in [3.8, 4) is 0 Å². The molecular weight excluding hydrogens is 220 g/mol. The largest absolute Gasteiger partial charge is 0.463 e. The number of rotatable bonds is 6. The smallest absolute Gasteiger partial charge is 0.330 e. The molecule has 3 heteroatoms. The summed E-state index contributed by atoms with van der Waals surface area (Å²) in [6.45, 7) is 2.23. The van der Waals surface area contributed by atoms with Crippen LogP contribution in [0.15, 0.2) is 42.5 Å². The van der Waals surface area contributed by atoms with Gasteiger partial charge in [0, 0.05) is 17.6 Å². The van der Waals surface area contributed by atoms with E-state index in [2.05, 4.69) is 12.1 Å². The SMILES string of the molecule is CCOC(=O)/C=C/CSCc1ccccc1. The van der Waals surface area contributed by atoms with Gasteiger partial charge in [0.2, 0.25) is 0 Å². The topological polar surface area (TPSA) is 26.3 Å². The van der Waals surface area contributed by atoms with Crippen LogP contribution in [0.5, 0.6) is 0 Å². The number of hydrogen-bond donors (Lipinski definition) is 0. The molecule has 2 nitrogen and oxygen atoms in total. The molecule has 0 saturated heterocycles. The van der Waals surface area contributed by atoms with E-state index in [-0.39, 0.29) is 5.97 Å². The lowest BCUT2D eigenvalue weighted by Crippen LogP contribution is -1.98. The Morgan fingerprint density at radius 2 is 2.12 bits per heavy atom. The van der Waals surface area contributed by atoms with E-state index >= 15 is 0 Å². The van der Waals surface area contributed by atoms with Gasteiger partial charge in [-0.2, -0.15) is 11.8 Å². The number of hydrogen-bond acceptors (Lipinski definition) is 3. The molecule has 0 aliphatic rings. The normalized spacial score (nSPS) is 10.6. The maximum atomic E-state index is 11.0. The number of benzene rings is 1. The van der Waals surface area contributed by atoms with Gasteiger partial charge in [0.25, 0.3) is 0 Å². The third-order valence-corrected chi connectivity index (χ3v) is 2.83. The molecule has 0 saturated carbocycles. The first kappa shape index (κ1) is 12.8. The third kappa shape index (κ3) is 5.61. The molecule has 1 aromatic rings. The molecule has 0 aromatic heterocycles. The number of ether oxygens (including phenoxy) is 1. The van der Waals surface area contributed by atoms with E-state index < -0.39 is 0 Å². The summed E-state index contributed by atoms with van der Waals surface area (Å²) in [5, 5.41) is 0. The summed E-state index contributed by atoms with van der Waals surface area (Å²) in [7, 11) is 0. The highest BCUT2D eigenvalue weighted by Crippen LogP contribution is 2.11. The van der Waals surface area contributed by atoms with Gasteiger partial charge in [0.15, 0.2) is 0 Å². The zero-order chi connectivity index (χ0) is 11.6. The van der Waals surface area contributed by atoms with Crippen molar-refractivity contribution in [2.45, 2.75) is 12.7 Å². The predicted molar refractivity (Wildman–Crippen MR) is 68.4 cm³/mol. The molecule has 0 atom stereocenters. The van der Waals surface area contributed by atoms with Crippen LogP contribution in [0.4, 0.5) is 0 Å². The highest BCUT2D eigenvalue weighted by atomic mass is 32.2. The van der Waals surface area contributed by atoms with Crippen molar-refractivity contribution in [1.29, 1.82) is 0 Å². The molecule has 0 aliphatic heterocycles. The Morgan fingerprint density at radius 3 is 2.81 bits per heavy atom. The van der Waals surface area contributed by atoms with Crippen molar-refractivity contribution < 1.29 is 9.53 Å². The van der Waals surface area contributed by atoms with Crippen LogP contribution in [-0.2, 0) is 15.3 Å². The third-order valence-electron chi connectivity index (χ3n) is 1.87. The highest BCUT2D eigenvalue weighted by Gasteiger charge is 1.93. The standard InChI is InChI=1S/C13H16O2S/c1-2-15-13(14)9-6-10-16-11-12-7-4-3-5-8-12/h3-9H,2,10-11H2,1H3/b9-6+. The first-order chi connectivity index (χ1) is 7.83. The second kappa shape index (κ2) is 7.99. The monoisotopic (exact) mass is 236 g/mol. The number of carbonyl (C=O) groups is 1. The van der Waals surface area contributed by atoms with Gasteiger partial charge >= 0.3 is 5.97 Å². The van der Waals surface area contributed by atoms with Gasteiger partial charge in [0.05, 0.1) is 6.61 Å². The Balaban J connectivity index is 2.15. The fraction of sp³-hybridized carbons (Fsp3) is 0.308. The van der Waals surface area contributed by atoms with E-state index in [0.717, 1.165) is 11.5 Å². The Bertz CT molecular complexity index is 333. The maximum Gasteiger partial charge on any atom is 0.330 e. The summed E-state index contributed by atoms with van der Waals surface area (Å²) < 4.78 is 4.77. The van der Waals surface area contributed by atoms with Gasteiger partial charge in [0.1, 0.15) is 0 Å². The fourth-order valence-electron chi connectivity index (χ4n) is 1.15. The van der Waals surface area contributed by atoms with E-state index in [1.165, 1.54) is 11.6 Å². The minimum atomic E-state index is -0.261. The number of carbonyl (C=O) groups excluding carboxylic acids is 1. The average Bonchev–Trinajstić information content (AvgIpc) is 2.30. The summed E-state index contributed by atoms with van der Waals surface area (Å²) in [6, 6.07) is 10.3. The van der Waals surface area contributed by atoms with Crippen LogP contribution in [0.1, 0.15) is 12.5 Å². The molecule has 0 bridgehead atoms. The van der Waals surface area contributed by atoms with E-state index in [1.54, 1.807) is 18.7 Å². The highest BCUT2D eigenvalue weighted by molar-refractivity contribution is 7.98. The Labute approximate surface area is 101 Å². The summed E-state index contributed by atoms with van der Waals surface area (Å²) in [5.74, 6) is 1.53. The Morgan fingerprint density at radius 1 is 1.38 bits per heavy atom. The van der Waals surface area contributed by atoms with Crippen LogP contribution in [-0.4, -0.2) is 18.3 Å². The predicted octanol–water partition coefficient (Wildman–Crippen LogP) is 3.04. The van der Waals surface area contributed by atoms with E-state index in [1.807, 2.05) is 24.3 Å².